The van der Waals surface area contributed by atoms with Gasteiger partial charge in [0.05, 0.1) is 5.57 Å². The molecule has 1 aliphatic rings. The molecule has 2 aromatic rings. The Morgan fingerprint density at radius 2 is 1.62 bits per heavy atom. The SMILES string of the molecule is CCN1C(=O)C(Nc2ccc(OC(F)(F)F)cc2)=C(c2ccc(C)c(C)c2)C1=O. The molecule has 0 spiro atoms. The standard InChI is InChI=1S/C21H19F3N2O3/c1-4-26-19(27)17(14-6-5-12(2)13(3)11-14)18(20(26)28)25-15-7-9-16(10-8-15)29-21(22,23)24/h5-11,25H,4H2,1-3H3. The maximum atomic E-state index is 12.8. The number of hydrogen-bond donors (Lipinski definition) is 1. The number of nitrogens with zero attached hydrogens (tertiary/aromatic N) is 1. The Bertz CT molecular complexity index is 995. The smallest absolute Gasteiger partial charge is 0.406 e. The molecular weight excluding hydrogens is 385 g/mol. The van der Waals surface area contributed by atoms with Crippen molar-refractivity contribution in [3.63, 3.8) is 0 Å². The monoisotopic (exact) mass is 404 g/mol. The Morgan fingerprint density at radius 3 is 2.17 bits per heavy atom. The Hall–Kier alpha value is -3.29. The van der Waals surface area contributed by atoms with Crippen LogP contribution in [0.25, 0.3) is 5.57 Å². The Labute approximate surface area is 165 Å². The molecule has 1 N–H and O–H groups in total. The van der Waals surface area contributed by atoms with Crippen LogP contribution in [0, 0.1) is 13.8 Å². The highest BCUT2D eigenvalue weighted by molar-refractivity contribution is 6.36. The van der Waals surface area contributed by atoms with Crippen LogP contribution in [0.4, 0.5) is 18.9 Å². The first-order valence-corrected chi connectivity index (χ1v) is 8.91. The molecule has 2 aromatic carbocycles. The van der Waals surface area contributed by atoms with Crippen molar-refractivity contribution in [2.75, 3.05) is 11.9 Å². The first-order chi connectivity index (χ1) is 13.6. The summed E-state index contributed by atoms with van der Waals surface area (Å²) >= 11 is 0. The molecule has 0 radical (unpaired) electrons. The second-order valence-electron chi connectivity index (χ2n) is 6.60. The van der Waals surface area contributed by atoms with Gasteiger partial charge in [0, 0.05) is 12.2 Å². The quantitative estimate of drug-likeness (QED) is 0.750. The first kappa shape index (κ1) is 20.4. The summed E-state index contributed by atoms with van der Waals surface area (Å²) in [5.41, 5.74) is 3.29. The maximum Gasteiger partial charge on any atom is 0.573 e. The van der Waals surface area contributed by atoms with Crippen LogP contribution in [-0.4, -0.2) is 29.6 Å². The van der Waals surface area contributed by atoms with Crippen molar-refractivity contribution < 1.29 is 27.5 Å². The molecule has 1 aliphatic heterocycles. The number of likely N-dealkylation sites (N-methyl/N-ethyl adjacent to an activating group) is 1. The van der Waals surface area contributed by atoms with Gasteiger partial charge in [-0.1, -0.05) is 18.2 Å². The molecule has 0 atom stereocenters. The average molecular weight is 404 g/mol. The summed E-state index contributed by atoms with van der Waals surface area (Å²) in [6.07, 6.45) is -4.79. The molecule has 0 bridgehead atoms. The second-order valence-corrected chi connectivity index (χ2v) is 6.60. The molecule has 8 heteroatoms. The molecule has 0 saturated heterocycles. The molecule has 0 aliphatic carbocycles. The van der Waals surface area contributed by atoms with Crippen LogP contribution in [0.2, 0.25) is 0 Å². The predicted octanol–water partition coefficient (Wildman–Crippen LogP) is 4.41. The molecular formula is C21H19F3N2O3. The van der Waals surface area contributed by atoms with E-state index in [0.29, 0.717) is 11.3 Å². The van der Waals surface area contributed by atoms with Crippen LogP contribution in [0.1, 0.15) is 23.6 Å². The Balaban J connectivity index is 1.98. The maximum absolute atomic E-state index is 12.8. The zero-order valence-corrected chi connectivity index (χ0v) is 16.1. The fraction of sp³-hybridized carbons (Fsp3) is 0.238. The molecule has 2 amide bonds. The average Bonchev–Trinajstić information content (AvgIpc) is 2.87. The summed E-state index contributed by atoms with van der Waals surface area (Å²) in [7, 11) is 0. The predicted molar refractivity (Wildman–Crippen MR) is 102 cm³/mol. The fourth-order valence-electron chi connectivity index (χ4n) is 3.03. The van der Waals surface area contributed by atoms with Gasteiger partial charge in [0.25, 0.3) is 11.8 Å². The number of carbonyl (C=O) groups is 2. The topological polar surface area (TPSA) is 58.6 Å². The third-order valence-electron chi connectivity index (χ3n) is 4.64. The van der Waals surface area contributed by atoms with Gasteiger partial charge in [-0.05, 0) is 61.7 Å². The third kappa shape index (κ3) is 4.26. The molecule has 0 saturated carbocycles. The van der Waals surface area contributed by atoms with E-state index in [0.717, 1.165) is 28.2 Å². The van der Waals surface area contributed by atoms with Gasteiger partial charge in [-0.15, -0.1) is 13.2 Å². The Morgan fingerprint density at radius 1 is 0.966 bits per heavy atom. The summed E-state index contributed by atoms with van der Waals surface area (Å²) in [6.45, 7) is 5.75. The lowest BCUT2D eigenvalue weighted by molar-refractivity contribution is -0.274. The first-order valence-electron chi connectivity index (χ1n) is 8.91. The van der Waals surface area contributed by atoms with Gasteiger partial charge in [0.15, 0.2) is 0 Å². The molecule has 5 nitrogen and oxygen atoms in total. The van der Waals surface area contributed by atoms with E-state index in [1.54, 1.807) is 13.0 Å². The highest BCUT2D eigenvalue weighted by atomic mass is 19.4. The number of imide groups is 1. The number of carbonyl (C=O) groups excluding carboxylic acids is 2. The molecule has 1 heterocycles. The van der Waals surface area contributed by atoms with Crippen molar-refractivity contribution in [1.82, 2.24) is 4.90 Å². The van der Waals surface area contributed by atoms with Gasteiger partial charge in [0.2, 0.25) is 0 Å². The van der Waals surface area contributed by atoms with Gasteiger partial charge < -0.3 is 10.1 Å². The van der Waals surface area contributed by atoms with E-state index < -0.39 is 18.2 Å². The minimum atomic E-state index is -4.79. The number of nitrogens with one attached hydrogen (secondary N) is 1. The number of benzene rings is 2. The van der Waals surface area contributed by atoms with Crippen molar-refractivity contribution in [2.45, 2.75) is 27.1 Å². The summed E-state index contributed by atoms with van der Waals surface area (Å²) in [4.78, 5) is 26.7. The molecule has 29 heavy (non-hydrogen) atoms. The number of rotatable bonds is 5. The molecule has 152 valence electrons. The van der Waals surface area contributed by atoms with E-state index >= 15 is 0 Å². The largest absolute Gasteiger partial charge is 0.573 e. The van der Waals surface area contributed by atoms with Gasteiger partial charge in [0.1, 0.15) is 11.4 Å². The zero-order chi connectivity index (χ0) is 21.3. The lowest BCUT2D eigenvalue weighted by atomic mass is 9.99. The molecule has 0 fully saturated rings. The summed E-state index contributed by atoms with van der Waals surface area (Å²) in [6, 6.07) is 10.4. The van der Waals surface area contributed by atoms with Crippen LogP contribution in [0.5, 0.6) is 5.75 Å². The highest BCUT2D eigenvalue weighted by Gasteiger charge is 2.38. The van der Waals surface area contributed by atoms with Crippen LogP contribution < -0.4 is 10.1 Å². The van der Waals surface area contributed by atoms with Gasteiger partial charge in [-0.2, -0.15) is 0 Å². The summed E-state index contributed by atoms with van der Waals surface area (Å²) in [5.74, 6) is -1.28. The van der Waals surface area contributed by atoms with Gasteiger partial charge in [-0.3, -0.25) is 14.5 Å². The number of alkyl halides is 3. The van der Waals surface area contributed by atoms with E-state index in [4.69, 9.17) is 0 Å². The van der Waals surface area contributed by atoms with Gasteiger partial charge in [-0.25, -0.2) is 0 Å². The van der Waals surface area contributed by atoms with Crippen molar-refractivity contribution in [3.8, 4) is 5.75 Å². The lowest BCUT2D eigenvalue weighted by Crippen LogP contribution is -2.32. The van der Waals surface area contributed by atoms with E-state index in [1.807, 2.05) is 26.0 Å². The van der Waals surface area contributed by atoms with Crippen molar-refractivity contribution >= 4 is 23.1 Å². The second kappa shape index (κ2) is 7.62. The van der Waals surface area contributed by atoms with Crippen LogP contribution in [0.15, 0.2) is 48.2 Å². The summed E-state index contributed by atoms with van der Waals surface area (Å²) in [5, 5.41) is 2.89. The number of hydrogen-bond acceptors (Lipinski definition) is 4. The number of amides is 2. The van der Waals surface area contributed by atoms with Crippen LogP contribution in [0.3, 0.4) is 0 Å². The number of aryl methyl sites for hydroxylation is 2. The van der Waals surface area contributed by atoms with E-state index in [2.05, 4.69) is 10.1 Å². The minimum Gasteiger partial charge on any atom is -0.406 e. The van der Waals surface area contributed by atoms with Crippen molar-refractivity contribution in [1.29, 1.82) is 0 Å². The third-order valence-corrected chi connectivity index (χ3v) is 4.64. The highest BCUT2D eigenvalue weighted by Crippen LogP contribution is 2.32. The van der Waals surface area contributed by atoms with Crippen molar-refractivity contribution in [2.24, 2.45) is 0 Å². The van der Waals surface area contributed by atoms with Crippen molar-refractivity contribution in [3.05, 3.63) is 64.9 Å². The Kier molecular flexibility index (Phi) is 5.37. The van der Waals surface area contributed by atoms with Gasteiger partial charge >= 0.3 is 6.36 Å². The van der Waals surface area contributed by atoms with Crippen LogP contribution in [-0.2, 0) is 9.59 Å². The fourth-order valence-corrected chi connectivity index (χ4v) is 3.03. The van der Waals surface area contributed by atoms with E-state index in [9.17, 15) is 22.8 Å². The molecule has 0 aromatic heterocycles. The molecule has 3 rings (SSSR count). The number of halogens is 3. The summed E-state index contributed by atoms with van der Waals surface area (Å²) < 4.78 is 40.8. The molecule has 0 unspecified atom stereocenters. The van der Waals surface area contributed by atoms with E-state index in [-0.39, 0.29) is 23.6 Å². The lowest BCUT2D eigenvalue weighted by Gasteiger charge is -2.12. The van der Waals surface area contributed by atoms with E-state index in [1.165, 1.54) is 12.1 Å². The normalized spacial score (nSPS) is 14.6. The number of ether oxygens (including phenoxy) is 1. The number of anilines is 1. The van der Waals surface area contributed by atoms with Crippen LogP contribution >= 0.6 is 0 Å². The minimum absolute atomic E-state index is 0.0876. The zero-order valence-electron chi connectivity index (χ0n) is 16.1.